The maximum absolute atomic E-state index is 12.5. The van der Waals surface area contributed by atoms with Gasteiger partial charge in [-0.15, -0.1) is 11.3 Å². The van der Waals surface area contributed by atoms with Crippen LogP contribution in [0.15, 0.2) is 17.5 Å². The fraction of sp³-hybridized carbons (Fsp3) is 0.643. The number of likely N-dealkylation sites (tertiary alicyclic amines) is 1. The first-order valence-corrected chi connectivity index (χ1v) is 10.1. The van der Waals surface area contributed by atoms with Crippen LogP contribution >= 0.6 is 11.3 Å². The van der Waals surface area contributed by atoms with E-state index in [1.54, 1.807) is 0 Å². The van der Waals surface area contributed by atoms with Crippen molar-refractivity contribution in [2.24, 2.45) is 11.8 Å². The Morgan fingerprint density at radius 1 is 1.55 bits per heavy atom. The third-order valence-electron chi connectivity index (χ3n) is 4.37. The molecule has 2 fully saturated rings. The summed E-state index contributed by atoms with van der Waals surface area (Å²) in [6.45, 7) is 2.31. The molecule has 1 aromatic rings. The minimum absolute atomic E-state index is 0.0650. The number of carbonyl (C=O) groups excluding carboxylic acids is 1. The molecule has 3 atom stereocenters. The minimum Gasteiger partial charge on any atom is -0.376 e. The van der Waals surface area contributed by atoms with Crippen molar-refractivity contribution >= 4 is 27.3 Å². The number of rotatable bonds is 4. The van der Waals surface area contributed by atoms with E-state index in [0.717, 1.165) is 24.1 Å². The molecule has 0 unspecified atom stereocenters. The van der Waals surface area contributed by atoms with Crippen LogP contribution in [0.3, 0.4) is 0 Å². The third kappa shape index (κ3) is 3.51. The average Bonchev–Trinajstić information content (AvgIpc) is 3.12. The molecule has 0 aromatic carbocycles. The molecule has 122 valence electrons. The second-order valence-corrected chi connectivity index (χ2v) is 8.71. The number of sulfonamides is 1. The van der Waals surface area contributed by atoms with E-state index >= 15 is 0 Å². The lowest BCUT2D eigenvalue weighted by molar-refractivity contribution is 0.0567. The summed E-state index contributed by atoms with van der Waals surface area (Å²) < 4.78 is 30.8. The zero-order chi connectivity index (χ0) is 15.7. The smallest absolute Gasteiger partial charge is 0.263 e. The summed E-state index contributed by atoms with van der Waals surface area (Å²) in [5.74, 6) is 0.681. The van der Waals surface area contributed by atoms with Crippen molar-refractivity contribution in [2.45, 2.75) is 12.5 Å². The summed E-state index contributed by atoms with van der Waals surface area (Å²) in [5, 5.41) is 1.90. The lowest BCUT2D eigenvalue weighted by Gasteiger charge is -2.35. The Labute approximate surface area is 134 Å². The fourth-order valence-electron chi connectivity index (χ4n) is 3.21. The molecule has 0 aliphatic carbocycles. The van der Waals surface area contributed by atoms with Gasteiger partial charge in [-0.05, 0) is 23.8 Å². The van der Waals surface area contributed by atoms with Gasteiger partial charge >= 0.3 is 0 Å². The van der Waals surface area contributed by atoms with E-state index in [0.29, 0.717) is 19.1 Å². The highest BCUT2D eigenvalue weighted by atomic mass is 32.2. The first kappa shape index (κ1) is 15.9. The van der Waals surface area contributed by atoms with Gasteiger partial charge in [-0.25, -0.2) is 13.1 Å². The van der Waals surface area contributed by atoms with Crippen LogP contribution in [0.25, 0.3) is 0 Å². The van der Waals surface area contributed by atoms with Crippen molar-refractivity contribution in [1.29, 1.82) is 0 Å². The van der Waals surface area contributed by atoms with Crippen molar-refractivity contribution in [3.05, 3.63) is 22.4 Å². The number of thiophene rings is 1. The number of hydrogen-bond donors (Lipinski definition) is 1. The zero-order valence-electron chi connectivity index (χ0n) is 12.4. The Morgan fingerprint density at radius 3 is 3.05 bits per heavy atom. The lowest BCUT2D eigenvalue weighted by atomic mass is 9.84. The summed E-state index contributed by atoms with van der Waals surface area (Å²) >= 11 is 1.45. The maximum Gasteiger partial charge on any atom is 0.263 e. The molecule has 2 saturated heterocycles. The van der Waals surface area contributed by atoms with Crippen LogP contribution in [0.1, 0.15) is 16.1 Å². The molecule has 3 rings (SSSR count). The molecular weight excluding hydrogens is 324 g/mol. The molecule has 3 heterocycles. The monoisotopic (exact) mass is 344 g/mol. The molecule has 1 aromatic heterocycles. The summed E-state index contributed by atoms with van der Waals surface area (Å²) in [7, 11) is -3.22. The second-order valence-electron chi connectivity index (χ2n) is 5.93. The number of nitrogens with zero attached hydrogens (tertiary/aromatic N) is 1. The number of piperidine rings is 1. The number of amides is 1. The van der Waals surface area contributed by atoms with Gasteiger partial charge in [0, 0.05) is 25.6 Å². The Balaban J connectivity index is 1.64. The van der Waals surface area contributed by atoms with Crippen molar-refractivity contribution in [1.82, 2.24) is 9.62 Å². The van der Waals surface area contributed by atoms with E-state index in [-0.39, 0.29) is 24.5 Å². The van der Waals surface area contributed by atoms with Crippen LogP contribution in [0.4, 0.5) is 0 Å². The van der Waals surface area contributed by atoms with E-state index in [1.165, 1.54) is 11.3 Å². The number of fused-ring (bicyclic) bond motifs is 1. The topological polar surface area (TPSA) is 75.7 Å². The Kier molecular flexibility index (Phi) is 4.54. The summed E-state index contributed by atoms with van der Waals surface area (Å²) in [5.41, 5.74) is 0. The third-order valence-corrected chi connectivity index (χ3v) is 5.92. The largest absolute Gasteiger partial charge is 0.376 e. The average molecular weight is 344 g/mol. The lowest BCUT2D eigenvalue weighted by Crippen LogP contribution is -2.47. The van der Waals surface area contributed by atoms with E-state index in [9.17, 15) is 13.2 Å². The maximum atomic E-state index is 12.5. The molecule has 1 amide bonds. The normalized spacial score (nSPS) is 28.6. The molecule has 2 aliphatic heterocycles. The van der Waals surface area contributed by atoms with Gasteiger partial charge in [-0.3, -0.25) is 4.79 Å². The molecule has 1 N–H and O–H groups in total. The van der Waals surface area contributed by atoms with Gasteiger partial charge in [-0.1, -0.05) is 6.07 Å². The first-order chi connectivity index (χ1) is 10.4. The van der Waals surface area contributed by atoms with Crippen LogP contribution < -0.4 is 4.72 Å². The Morgan fingerprint density at radius 2 is 2.36 bits per heavy atom. The Hall–Kier alpha value is -0.960. The molecule has 0 saturated carbocycles. The molecule has 2 aliphatic rings. The highest BCUT2D eigenvalue weighted by Gasteiger charge is 2.42. The summed E-state index contributed by atoms with van der Waals surface area (Å²) in [6, 6.07) is 3.72. The molecule has 22 heavy (non-hydrogen) atoms. The van der Waals surface area contributed by atoms with Gasteiger partial charge in [0.2, 0.25) is 10.0 Å². The molecule has 0 bridgehead atoms. The number of ether oxygens (including phenoxy) is 1. The van der Waals surface area contributed by atoms with Crippen LogP contribution in [0, 0.1) is 11.8 Å². The second kappa shape index (κ2) is 6.27. The van der Waals surface area contributed by atoms with E-state index < -0.39 is 10.0 Å². The Bertz CT molecular complexity index is 629. The minimum atomic E-state index is -3.22. The summed E-state index contributed by atoms with van der Waals surface area (Å²) in [4.78, 5) is 15.1. The van der Waals surface area contributed by atoms with Gasteiger partial charge in [0.25, 0.3) is 5.91 Å². The van der Waals surface area contributed by atoms with Crippen LogP contribution in [0.5, 0.6) is 0 Å². The van der Waals surface area contributed by atoms with Gasteiger partial charge in [0.15, 0.2) is 0 Å². The molecule has 0 spiro atoms. The SMILES string of the molecule is CS(=O)(=O)NC[C@@H]1OC[C@H]2CCN(C(=O)c3cccs3)C[C@H]21. The van der Waals surface area contributed by atoms with Crippen molar-refractivity contribution in [3.8, 4) is 0 Å². The fourth-order valence-corrected chi connectivity index (χ4v) is 4.37. The van der Waals surface area contributed by atoms with E-state index in [4.69, 9.17) is 4.74 Å². The van der Waals surface area contributed by atoms with Gasteiger partial charge in [0.05, 0.1) is 23.8 Å². The van der Waals surface area contributed by atoms with Crippen molar-refractivity contribution in [3.63, 3.8) is 0 Å². The van der Waals surface area contributed by atoms with Crippen molar-refractivity contribution in [2.75, 3.05) is 32.5 Å². The predicted molar refractivity (Wildman–Crippen MR) is 84.4 cm³/mol. The highest BCUT2D eigenvalue weighted by Crippen LogP contribution is 2.34. The zero-order valence-corrected chi connectivity index (χ0v) is 14.0. The predicted octanol–water partition coefficient (Wildman–Crippen LogP) is 0.774. The molecule has 8 heteroatoms. The quantitative estimate of drug-likeness (QED) is 0.876. The first-order valence-electron chi connectivity index (χ1n) is 7.33. The van der Waals surface area contributed by atoms with Crippen molar-refractivity contribution < 1.29 is 17.9 Å². The van der Waals surface area contributed by atoms with Gasteiger partial charge in [-0.2, -0.15) is 0 Å². The van der Waals surface area contributed by atoms with E-state index in [2.05, 4.69) is 4.72 Å². The number of hydrogen-bond acceptors (Lipinski definition) is 5. The standard InChI is InChI=1S/C14H20N2O4S2/c1-22(18,19)15-7-12-11-8-16(5-4-10(11)9-20-12)14(17)13-3-2-6-21-13/h2-3,6,10-12,15H,4-5,7-9H2,1H3/t10-,11-,12+/m1/s1. The van der Waals surface area contributed by atoms with Crippen LogP contribution in [-0.4, -0.2) is 57.8 Å². The van der Waals surface area contributed by atoms with Gasteiger partial charge in [0.1, 0.15) is 0 Å². The van der Waals surface area contributed by atoms with Gasteiger partial charge < -0.3 is 9.64 Å². The van der Waals surface area contributed by atoms with Crippen LogP contribution in [0.2, 0.25) is 0 Å². The van der Waals surface area contributed by atoms with E-state index in [1.807, 2.05) is 22.4 Å². The number of nitrogens with one attached hydrogen (secondary N) is 1. The molecular formula is C14H20N2O4S2. The molecule has 6 nitrogen and oxygen atoms in total. The highest BCUT2D eigenvalue weighted by molar-refractivity contribution is 7.88. The molecule has 0 radical (unpaired) electrons. The number of carbonyl (C=O) groups is 1. The summed E-state index contributed by atoms with van der Waals surface area (Å²) in [6.07, 6.45) is 1.91. The van der Waals surface area contributed by atoms with Crippen LogP contribution in [-0.2, 0) is 14.8 Å².